The Morgan fingerprint density at radius 1 is 1.44 bits per heavy atom. The van der Waals surface area contributed by atoms with Gasteiger partial charge in [-0.25, -0.2) is 0 Å². The van der Waals surface area contributed by atoms with Gasteiger partial charge in [-0.1, -0.05) is 6.92 Å². The summed E-state index contributed by atoms with van der Waals surface area (Å²) in [5.74, 6) is 1.04. The van der Waals surface area contributed by atoms with E-state index in [2.05, 4.69) is 27.8 Å². The van der Waals surface area contributed by atoms with Crippen molar-refractivity contribution in [3.8, 4) is 10.7 Å². The summed E-state index contributed by atoms with van der Waals surface area (Å²) in [5, 5.41) is 8.26. The predicted octanol–water partition coefficient (Wildman–Crippen LogP) is 2.91. The van der Waals surface area contributed by atoms with E-state index in [9.17, 15) is 0 Å². The van der Waals surface area contributed by atoms with Crippen LogP contribution in [0.25, 0.3) is 10.7 Å². The highest BCUT2D eigenvalue weighted by atomic mass is 32.1. The van der Waals surface area contributed by atoms with Crippen LogP contribution in [-0.2, 0) is 19.4 Å². The van der Waals surface area contributed by atoms with Crippen LogP contribution in [0.2, 0.25) is 0 Å². The summed E-state index contributed by atoms with van der Waals surface area (Å²) in [5.41, 5.74) is 1.53. The number of aromatic nitrogens is 3. The number of thiophene rings is 1. The topological polar surface area (TPSA) is 30.7 Å². The Kier molecular flexibility index (Phi) is 2.52. The van der Waals surface area contributed by atoms with Crippen molar-refractivity contribution in [3.63, 3.8) is 0 Å². The van der Waals surface area contributed by atoms with Gasteiger partial charge in [-0.05, 0) is 37.3 Å². The first-order valence-electron chi connectivity index (χ1n) is 5.88. The Morgan fingerprint density at radius 3 is 3.19 bits per heavy atom. The lowest BCUT2D eigenvalue weighted by atomic mass is 10.2. The molecule has 3 rings (SSSR count). The van der Waals surface area contributed by atoms with Gasteiger partial charge in [0, 0.05) is 11.4 Å². The number of nitrogens with zero attached hydrogens (tertiary/aromatic N) is 3. The van der Waals surface area contributed by atoms with E-state index in [-0.39, 0.29) is 0 Å². The standard InChI is InChI=1S/C12H15N3S/c1-2-6-15-8-13-14-12(15)11-7-9-4-3-5-10(9)16-11/h7-8H,2-6H2,1H3. The van der Waals surface area contributed by atoms with Crippen molar-refractivity contribution >= 4 is 11.3 Å². The maximum Gasteiger partial charge on any atom is 0.173 e. The number of fused-ring (bicyclic) bond motifs is 1. The maximum atomic E-state index is 4.24. The highest BCUT2D eigenvalue weighted by molar-refractivity contribution is 7.15. The van der Waals surface area contributed by atoms with Crippen LogP contribution in [0.1, 0.15) is 30.2 Å². The number of hydrogen-bond donors (Lipinski definition) is 0. The second-order valence-electron chi connectivity index (χ2n) is 4.26. The molecule has 0 atom stereocenters. The van der Waals surface area contributed by atoms with Crippen LogP contribution >= 0.6 is 11.3 Å². The molecule has 2 aromatic heterocycles. The van der Waals surface area contributed by atoms with Crippen molar-refractivity contribution in [1.82, 2.24) is 14.8 Å². The molecule has 0 spiro atoms. The predicted molar refractivity (Wildman–Crippen MR) is 65.7 cm³/mol. The molecule has 0 aliphatic heterocycles. The maximum absolute atomic E-state index is 4.24. The van der Waals surface area contributed by atoms with E-state index in [0.717, 1.165) is 18.8 Å². The smallest absolute Gasteiger partial charge is 0.173 e. The summed E-state index contributed by atoms with van der Waals surface area (Å²) in [6.45, 7) is 3.18. The Hall–Kier alpha value is -1.16. The molecule has 3 nitrogen and oxygen atoms in total. The van der Waals surface area contributed by atoms with Gasteiger partial charge in [0.05, 0.1) is 4.88 Å². The molecule has 2 heterocycles. The largest absolute Gasteiger partial charge is 0.313 e. The van der Waals surface area contributed by atoms with Gasteiger partial charge in [-0.2, -0.15) is 0 Å². The van der Waals surface area contributed by atoms with Gasteiger partial charge in [0.25, 0.3) is 0 Å². The normalized spacial score (nSPS) is 14.3. The summed E-state index contributed by atoms with van der Waals surface area (Å²) in [7, 11) is 0. The van der Waals surface area contributed by atoms with Crippen LogP contribution in [0.4, 0.5) is 0 Å². The quantitative estimate of drug-likeness (QED) is 0.816. The molecule has 0 bridgehead atoms. The lowest BCUT2D eigenvalue weighted by Gasteiger charge is -2.01. The third-order valence-corrected chi connectivity index (χ3v) is 4.28. The zero-order chi connectivity index (χ0) is 11.0. The fourth-order valence-corrected chi connectivity index (χ4v) is 3.54. The first-order chi connectivity index (χ1) is 7.88. The Balaban J connectivity index is 1.98. The zero-order valence-corrected chi connectivity index (χ0v) is 10.3. The molecule has 4 heteroatoms. The molecule has 16 heavy (non-hydrogen) atoms. The van der Waals surface area contributed by atoms with Gasteiger partial charge in [0.15, 0.2) is 5.82 Å². The molecule has 0 saturated carbocycles. The Labute approximate surface area is 99.1 Å². The summed E-state index contributed by atoms with van der Waals surface area (Å²) < 4.78 is 2.15. The molecule has 0 radical (unpaired) electrons. The van der Waals surface area contributed by atoms with Gasteiger partial charge < -0.3 is 4.57 Å². The van der Waals surface area contributed by atoms with E-state index in [4.69, 9.17) is 0 Å². The average Bonchev–Trinajstić information content (AvgIpc) is 2.88. The molecule has 0 N–H and O–H groups in total. The van der Waals surface area contributed by atoms with Gasteiger partial charge in [0.2, 0.25) is 0 Å². The molecule has 0 unspecified atom stereocenters. The van der Waals surface area contributed by atoms with Crippen molar-refractivity contribution in [3.05, 3.63) is 22.8 Å². The van der Waals surface area contributed by atoms with E-state index >= 15 is 0 Å². The first kappa shape index (κ1) is 10.0. The minimum atomic E-state index is 1.00. The molecular formula is C12H15N3S. The third kappa shape index (κ3) is 1.57. The van der Waals surface area contributed by atoms with Crippen LogP contribution in [0.3, 0.4) is 0 Å². The van der Waals surface area contributed by atoms with Crippen LogP contribution in [-0.4, -0.2) is 14.8 Å². The summed E-state index contributed by atoms with van der Waals surface area (Å²) in [6.07, 6.45) is 6.78. The minimum Gasteiger partial charge on any atom is -0.313 e. The van der Waals surface area contributed by atoms with Gasteiger partial charge in [-0.3, -0.25) is 0 Å². The van der Waals surface area contributed by atoms with Crippen molar-refractivity contribution in [2.24, 2.45) is 0 Å². The molecule has 2 aromatic rings. The number of hydrogen-bond acceptors (Lipinski definition) is 3. The van der Waals surface area contributed by atoms with Gasteiger partial charge >= 0.3 is 0 Å². The van der Waals surface area contributed by atoms with E-state index in [1.807, 2.05) is 17.7 Å². The summed E-state index contributed by atoms with van der Waals surface area (Å²) >= 11 is 1.90. The van der Waals surface area contributed by atoms with E-state index in [1.54, 1.807) is 4.88 Å². The van der Waals surface area contributed by atoms with Crippen LogP contribution in [0.5, 0.6) is 0 Å². The second-order valence-corrected chi connectivity index (χ2v) is 5.40. The van der Waals surface area contributed by atoms with Crippen molar-refractivity contribution < 1.29 is 0 Å². The average molecular weight is 233 g/mol. The molecule has 0 fully saturated rings. The van der Waals surface area contributed by atoms with E-state index in [0.29, 0.717) is 0 Å². The fourth-order valence-electron chi connectivity index (χ4n) is 2.29. The first-order valence-corrected chi connectivity index (χ1v) is 6.70. The van der Waals surface area contributed by atoms with Crippen molar-refractivity contribution in [2.75, 3.05) is 0 Å². The fraction of sp³-hybridized carbons (Fsp3) is 0.500. The van der Waals surface area contributed by atoms with Crippen molar-refractivity contribution in [2.45, 2.75) is 39.2 Å². The Bertz CT molecular complexity index is 477. The van der Waals surface area contributed by atoms with E-state index in [1.165, 1.54) is 29.7 Å². The second kappa shape index (κ2) is 4.01. The monoisotopic (exact) mass is 233 g/mol. The molecular weight excluding hydrogens is 218 g/mol. The molecule has 0 aromatic carbocycles. The zero-order valence-electron chi connectivity index (χ0n) is 9.44. The third-order valence-electron chi connectivity index (χ3n) is 3.05. The molecule has 1 aliphatic rings. The highest BCUT2D eigenvalue weighted by Crippen LogP contribution is 2.35. The summed E-state index contributed by atoms with van der Waals surface area (Å²) in [6, 6.07) is 2.31. The highest BCUT2D eigenvalue weighted by Gasteiger charge is 2.18. The summed E-state index contributed by atoms with van der Waals surface area (Å²) in [4.78, 5) is 2.84. The molecule has 0 saturated heterocycles. The lowest BCUT2D eigenvalue weighted by molar-refractivity contribution is 0.683. The molecule has 84 valence electrons. The van der Waals surface area contributed by atoms with Crippen LogP contribution in [0, 0.1) is 0 Å². The van der Waals surface area contributed by atoms with Crippen LogP contribution in [0.15, 0.2) is 12.4 Å². The van der Waals surface area contributed by atoms with E-state index < -0.39 is 0 Å². The molecule has 0 amide bonds. The van der Waals surface area contributed by atoms with Gasteiger partial charge in [0.1, 0.15) is 6.33 Å². The minimum absolute atomic E-state index is 1.00. The van der Waals surface area contributed by atoms with Crippen molar-refractivity contribution in [1.29, 1.82) is 0 Å². The SMILES string of the molecule is CCCn1cnnc1-c1cc2c(s1)CCC2. The van der Waals surface area contributed by atoms with Gasteiger partial charge in [-0.15, -0.1) is 21.5 Å². The number of rotatable bonds is 3. The number of aryl methyl sites for hydroxylation is 3. The van der Waals surface area contributed by atoms with Crippen LogP contribution < -0.4 is 0 Å². The Morgan fingerprint density at radius 2 is 2.38 bits per heavy atom. The lowest BCUT2D eigenvalue weighted by Crippen LogP contribution is -1.97. The molecule has 1 aliphatic carbocycles.